The summed E-state index contributed by atoms with van der Waals surface area (Å²) in [6, 6.07) is 27.1. The van der Waals surface area contributed by atoms with Gasteiger partial charge in [0.05, 0.1) is 19.2 Å². The molecule has 0 unspecified atom stereocenters. The van der Waals surface area contributed by atoms with Crippen molar-refractivity contribution in [3.63, 3.8) is 0 Å². The van der Waals surface area contributed by atoms with Gasteiger partial charge in [-0.1, -0.05) is 66.7 Å². The number of hydrogen-bond donors (Lipinski definition) is 1. The first-order chi connectivity index (χ1) is 14.3. The number of carbonyl (C=O) groups is 1. The Morgan fingerprint density at radius 1 is 0.966 bits per heavy atom. The zero-order valence-electron chi connectivity index (χ0n) is 16.8. The Kier molecular flexibility index (Phi) is 6.06. The first kappa shape index (κ1) is 19.4. The normalized spacial score (nSPS) is 18.1. The van der Waals surface area contributed by atoms with Gasteiger partial charge in [-0.2, -0.15) is 0 Å². The van der Waals surface area contributed by atoms with Crippen LogP contribution in [-0.2, 0) is 12.8 Å². The first-order valence-corrected chi connectivity index (χ1v) is 10.3. The predicted octanol–water partition coefficient (Wildman–Crippen LogP) is 4.81. The lowest BCUT2D eigenvalue weighted by Gasteiger charge is -2.34. The molecule has 0 amide bonds. The van der Waals surface area contributed by atoms with E-state index in [9.17, 15) is 4.79 Å². The summed E-state index contributed by atoms with van der Waals surface area (Å²) in [7, 11) is 1.60. The highest BCUT2D eigenvalue weighted by atomic mass is 16.5. The van der Waals surface area contributed by atoms with Crippen molar-refractivity contribution in [3.05, 3.63) is 101 Å². The highest BCUT2D eigenvalue weighted by molar-refractivity contribution is 6.00. The fourth-order valence-corrected chi connectivity index (χ4v) is 4.41. The number of fused-ring (bicyclic) bond motifs is 1. The van der Waals surface area contributed by atoms with Crippen molar-refractivity contribution < 1.29 is 9.53 Å². The molecule has 2 atom stereocenters. The molecule has 3 nitrogen and oxygen atoms in total. The third-order valence-electron chi connectivity index (χ3n) is 5.90. The molecular weight excluding hydrogens is 358 g/mol. The molecule has 0 radical (unpaired) electrons. The number of aryl methyl sites for hydroxylation is 1. The van der Waals surface area contributed by atoms with Gasteiger partial charge in [-0.05, 0) is 48.1 Å². The zero-order chi connectivity index (χ0) is 20.1. The second kappa shape index (κ2) is 9.06. The SMILES string of the molecule is COc1ccccc1C(=O)CN[C@H]1CCc2ccccc2[C@H]1Cc1ccccc1. The molecule has 3 heteroatoms. The molecule has 29 heavy (non-hydrogen) atoms. The van der Waals surface area contributed by atoms with Gasteiger partial charge in [0, 0.05) is 12.0 Å². The van der Waals surface area contributed by atoms with Gasteiger partial charge in [-0.25, -0.2) is 0 Å². The summed E-state index contributed by atoms with van der Waals surface area (Å²) in [5.74, 6) is 1.06. The Morgan fingerprint density at radius 2 is 1.69 bits per heavy atom. The van der Waals surface area contributed by atoms with Gasteiger partial charge in [-0.3, -0.25) is 4.79 Å². The van der Waals surface area contributed by atoms with Crippen molar-refractivity contribution in [2.24, 2.45) is 0 Å². The Labute approximate surface area is 172 Å². The number of carbonyl (C=O) groups excluding carboxylic acids is 1. The molecule has 3 aromatic rings. The van der Waals surface area contributed by atoms with Gasteiger partial charge in [0.15, 0.2) is 5.78 Å². The van der Waals surface area contributed by atoms with Crippen LogP contribution in [0, 0.1) is 0 Å². The summed E-state index contributed by atoms with van der Waals surface area (Å²) in [4.78, 5) is 12.8. The molecular formula is C26H27NO2. The molecule has 0 aliphatic heterocycles. The molecule has 4 rings (SSSR count). The fraction of sp³-hybridized carbons (Fsp3) is 0.269. The molecule has 0 aromatic heterocycles. The number of Topliss-reactive ketones (excluding diaryl/α,β-unsaturated/α-hetero) is 1. The maximum absolute atomic E-state index is 12.8. The van der Waals surface area contributed by atoms with E-state index >= 15 is 0 Å². The summed E-state index contributed by atoms with van der Waals surface area (Å²) in [5.41, 5.74) is 4.81. The third kappa shape index (κ3) is 4.41. The van der Waals surface area contributed by atoms with Gasteiger partial charge < -0.3 is 10.1 Å². The Morgan fingerprint density at radius 3 is 2.52 bits per heavy atom. The highest BCUT2D eigenvalue weighted by Crippen LogP contribution is 2.34. The topological polar surface area (TPSA) is 38.3 Å². The number of rotatable bonds is 7. The molecule has 0 spiro atoms. The summed E-state index contributed by atoms with van der Waals surface area (Å²) < 4.78 is 5.36. The summed E-state index contributed by atoms with van der Waals surface area (Å²) in [6.45, 7) is 0.318. The third-order valence-corrected chi connectivity index (χ3v) is 5.90. The van der Waals surface area contributed by atoms with Crippen molar-refractivity contribution in [2.45, 2.75) is 31.2 Å². The van der Waals surface area contributed by atoms with E-state index in [1.807, 2.05) is 24.3 Å². The van der Waals surface area contributed by atoms with Crippen LogP contribution in [0.25, 0.3) is 0 Å². The molecule has 1 N–H and O–H groups in total. The minimum Gasteiger partial charge on any atom is -0.496 e. The number of nitrogens with one attached hydrogen (secondary N) is 1. The minimum absolute atomic E-state index is 0.0692. The van der Waals surface area contributed by atoms with E-state index in [-0.39, 0.29) is 11.8 Å². The lowest BCUT2D eigenvalue weighted by molar-refractivity contribution is 0.0981. The molecule has 0 bridgehead atoms. The van der Waals surface area contributed by atoms with Crippen molar-refractivity contribution in [1.82, 2.24) is 5.32 Å². The van der Waals surface area contributed by atoms with Crippen molar-refractivity contribution in [1.29, 1.82) is 0 Å². The maximum Gasteiger partial charge on any atom is 0.180 e. The summed E-state index contributed by atoms with van der Waals surface area (Å²) >= 11 is 0. The van der Waals surface area contributed by atoms with E-state index < -0.39 is 0 Å². The second-order valence-corrected chi connectivity index (χ2v) is 7.64. The number of para-hydroxylation sites is 1. The molecule has 0 fully saturated rings. The van der Waals surface area contributed by atoms with Crippen LogP contribution in [0.1, 0.15) is 39.4 Å². The van der Waals surface area contributed by atoms with Crippen LogP contribution in [0.2, 0.25) is 0 Å². The van der Waals surface area contributed by atoms with Crippen LogP contribution >= 0.6 is 0 Å². The summed E-state index contributed by atoms with van der Waals surface area (Å²) in [6.07, 6.45) is 3.05. The number of methoxy groups -OCH3 is 1. The van der Waals surface area contributed by atoms with Crippen LogP contribution < -0.4 is 10.1 Å². The average molecular weight is 386 g/mol. The van der Waals surface area contributed by atoms with Gasteiger partial charge in [-0.15, -0.1) is 0 Å². The van der Waals surface area contributed by atoms with Crippen LogP contribution in [0.4, 0.5) is 0 Å². The molecule has 0 heterocycles. The predicted molar refractivity (Wildman–Crippen MR) is 117 cm³/mol. The van der Waals surface area contributed by atoms with E-state index in [2.05, 4.69) is 59.9 Å². The van der Waals surface area contributed by atoms with Gasteiger partial charge in [0.1, 0.15) is 5.75 Å². The number of benzene rings is 3. The van der Waals surface area contributed by atoms with E-state index in [4.69, 9.17) is 4.74 Å². The largest absolute Gasteiger partial charge is 0.496 e. The highest BCUT2D eigenvalue weighted by Gasteiger charge is 2.29. The van der Waals surface area contributed by atoms with Crippen molar-refractivity contribution >= 4 is 5.78 Å². The standard InChI is InChI=1S/C26H27NO2/c1-29-26-14-8-7-13-22(26)25(28)18-27-24-16-15-20-11-5-6-12-21(20)23(24)17-19-9-3-2-4-10-19/h2-14,23-24,27H,15-18H2,1H3/t23-,24+/m1/s1. The van der Waals surface area contributed by atoms with Crippen LogP contribution in [-0.4, -0.2) is 25.5 Å². The lowest BCUT2D eigenvalue weighted by Crippen LogP contribution is -2.41. The molecule has 3 aromatic carbocycles. The molecule has 1 aliphatic rings. The average Bonchev–Trinajstić information content (AvgIpc) is 2.79. The van der Waals surface area contributed by atoms with Crippen LogP contribution in [0.5, 0.6) is 5.75 Å². The number of ether oxygens (including phenoxy) is 1. The molecule has 1 aliphatic carbocycles. The Bertz CT molecular complexity index is 967. The van der Waals surface area contributed by atoms with E-state index in [1.54, 1.807) is 7.11 Å². The van der Waals surface area contributed by atoms with E-state index in [1.165, 1.54) is 16.7 Å². The lowest BCUT2D eigenvalue weighted by atomic mass is 9.76. The van der Waals surface area contributed by atoms with E-state index in [0.717, 1.165) is 19.3 Å². The van der Waals surface area contributed by atoms with Gasteiger partial charge in [0.2, 0.25) is 0 Å². The number of hydrogen-bond acceptors (Lipinski definition) is 3. The van der Waals surface area contributed by atoms with Crippen LogP contribution in [0.15, 0.2) is 78.9 Å². The second-order valence-electron chi connectivity index (χ2n) is 7.64. The maximum atomic E-state index is 12.8. The Hall–Kier alpha value is -2.91. The first-order valence-electron chi connectivity index (χ1n) is 10.3. The van der Waals surface area contributed by atoms with Crippen molar-refractivity contribution in [3.8, 4) is 5.75 Å². The number of ketones is 1. The Balaban J connectivity index is 1.53. The molecule has 0 saturated carbocycles. The quantitative estimate of drug-likeness (QED) is 0.593. The van der Waals surface area contributed by atoms with Gasteiger partial charge in [0.25, 0.3) is 0 Å². The van der Waals surface area contributed by atoms with Gasteiger partial charge >= 0.3 is 0 Å². The monoisotopic (exact) mass is 385 g/mol. The zero-order valence-corrected chi connectivity index (χ0v) is 16.8. The smallest absolute Gasteiger partial charge is 0.180 e. The van der Waals surface area contributed by atoms with Crippen molar-refractivity contribution in [2.75, 3.05) is 13.7 Å². The van der Waals surface area contributed by atoms with E-state index in [0.29, 0.717) is 23.8 Å². The fourth-order valence-electron chi connectivity index (χ4n) is 4.41. The minimum atomic E-state index is 0.0692. The molecule has 0 saturated heterocycles. The molecule has 148 valence electrons. The summed E-state index contributed by atoms with van der Waals surface area (Å²) in [5, 5.41) is 3.58. The van der Waals surface area contributed by atoms with Crippen LogP contribution in [0.3, 0.4) is 0 Å².